The van der Waals surface area contributed by atoms with Crippen LogP contribution in [0, 0.1) is 17.1 Å². The molecule has 2 aromatic carbocycles. The summed E-state index contributed by atoms with van der Waals surface area (Å²) in [7, 11) is 1.71. The fourth-order valence-electron chi connectivity index (χ4n) is 4.91. The topological polar surface area (TPSA) is 118 Å². The van der Waals surface area contributed by atoms with Crippen molar-refractivity contribution < 1.29 is 13.9 Å². The van der Waals surface area contributed by atoms with Gasteiger partial charge in [0.1, 0.15) is 11.9 Å². The average Bonchev–Trinajstić information content (AvgIpc) is 3.34. The third-order valence-electron chi connectivity index (χ3n) is 7.27. The van der Waals surface area contributed by atoms with Gasteiger partial charge in [-0.2, -0.15) is 5.26 Å². The molecule has 2 aliphatic rings. The van der Waals surface area contributed by atoms with Crippen LogP contribution in [0.4, 0.5) is 10.1 Å². The molecule has 0 bridgehead atoms. The molecule has 0 unspecified atom stereocenters. The number of nitriles is 1. The number of nitrogens with two attached hydrogens (primary N) is 2. The van der Waals surface area contributed by atoms with Crippen LogP contribution in [0.5, 0.6) is 0 Å². The van der Waals surface area contributed by atoms with E-state index in [0.717, 1.165) is 47.3 Å². The van der Waals surface area contributed by atoms with Gasteiger partial charge >= 0.3 is 0 Å². The minimum absolute atomic E-state index is 0.0261. The van der Waals surface area contributed by atoms with Crippen LogP contribution in [-0.2, 0) is 4.74 Å². The van der Waals surface area contributed by atoms with Gasteiger partial charge in [0.2, 0.25) is 0 Å². The number of hydrogen-bond donors (Lipinski definition) is 2. The van der Waals surface area contributed by atoms with Crippen LogP contribution in [-0.4, -0.2) is 55.4 Å². The Bertz CT molecular complexity index is 1420. The minimum Gasteiger partial charge on any atom is -0.398 e. The molecule has 1 saturated heterocycles. The zero-order valence-corrected chi connectivity index (χ0v) is 22.0. The molecule has 1 amide bonds. The number of rotatable bonds is 6. The van der Waals surface area contributed by atoms with E-state index in [1.54, 1.807) is 24.3 Å². The Morgan fingerprint density at radius 3 is 2.74 bits per heavy atom. The Morgan fingerprint density at radius 2 is 2.03 bits per heavy atom. The number of nitrogen functional groups attached to an aromatic ring is 1. The Kier molecular flexibility index (Phi) is 7.56. The molecule has 1 atom stereocenters. The molecule has 1 aliphatic heterocycles. The molecule has 2 fully saturated rings. The zero-order valence-electron chi connectivity index (χ0n) is 21.2. The van der Waals surface area contributed by atoms with Gasteiger partial charge in [-0.25, -0.2) is 4.39 Å². The van der Waals surface area contributed by atoms with Gasteiger partial charge in [0, 0.05) is 54.1 Å². The average molecular weight is 532 g/mol. The molecule has 196 valence electrons. The van der Waals surface area contributed by atoms with Crippen molar-refractivity contribution in [3.05, 3.63) is 64.3 Å². The van der Waals surface area contributed by atoms with Crippen molar-refractivity contribution in [3.8, 4) is 27.6 Å². The summed E-state index contributed by atoms with van der Waals surface area (Å²) in [5, 5.41) is 9.17. The first-order chi connectivity index (χ1) is 18.4. The Morgan fingerprint density at radius 1 is 1.24 bits per heavy atom. The number of methoxy groups -OCH3 is 1. The molecule has 38 heavy (non-hydrogen) atoms. The standard InChI is InChI=1S/C29H30FN5O2S/c1-37-23-11-22(12-23)34-15-20-9-18(6-7-26(20)33)28-24(17-4-5-19(14-31)25(30)10-17)13-27(38-28)29(36)35-8-2-3-21(32)16-35/h4-7,9-10,13,15,21-23H,2-3,8,11-12,16,32-33H2,1H3/t21-,22?,23?/m1/s1. The molecule has 2 heterocycles. The maximum absolute atomic E-state index is 14.6. The fraction of sp³-hybridized carbons (Fsp3) is 0.345. The number of carbonyl (C=O) groups excluding carboxylic acids is 1. The van der Waals surface area contributed by atoms with Gasteiger partial charge in [0.15, 0.2) is 0 Å². The normalized spacial score (nSPS) is 21.3. The quantitative estimate of drug-likeness (QED) is 0.349. The predicted molar refractivity (Wildman–Crippen MR) is 149 cm³/mol. The molecule has 0 spiro atoms. The van der Waals surface area contributed by atoms with Crippen molar-refractivity contribution in [2.45, 2.75) is 43.9 Å². The van der Waals surface area contributed by atoms with E-state index in [-0.39, 0.29) is 29.7 Å². The monoisotopic (exact) mass is 531 g/mol. The predicted octanol–water partition coefficient (Wildman–Crippen LogP) is 4.83. The lowest BCUT2D eigenvalue weighted by atomic mass is 9.90. The van der Waals surface area contributed by atoms with Crippen LogP contribution in [0.1, 0.15) is 46.5 Å². The van der Waals surface area contributed by atoms with E-state index in [2.05, 4.69) is 4.99 Å². The molecule has 1 saturated carbocycles. The highest BCUT2D eigenvalue weighted by atomic mass is 32.1. The highest BCUT2D eigenvalue weighted by Gasteiger charge is 2.28. The van der Waals surface area contributed by atoms with Gasteiger partial charge in [-0.05, 0) is 67.1 Å². The van der Waals surface area contributed by atoms with E-state index in [1.165, 1.54) is 23.5 Å². The number of amides is 1. The number of nitrogens with zero attached hydrogens (tertiary/aromatic N) is 3. The van der Waals surface area contributed by atoms with Crippen LogP contribution in [0.25, 0.3) is 21.6 Å². The Hall–Kier alpha value is -3.58. The number of anilines is 1. The first kappa shape index (κ1) is 26.0. The zero-order chi connectivity index (χ0) is 26.8. The molecule has 0 radical (unpaired) electrons. The third-order valence-corrected chi connectivity index (χ3v) is 8.44. The Labute approximate surface area is 225 Å². The van der Waals surface area contributed by atoms with Crippen LogP contribution in [0.2, 0.25) is 0 Å². The number of hydrogen-bond acceptors (Lipinski definition) is 7. The van der Waals surface area contributed by atoms with E-state index >= 15 is 0 Å². The van der Waals surface area contributed by atoms with Gasteiger partial charge < -0.3 is 21.1 Å². The van der Waals surface area contributed by atoms with E-state index in [9.17, 15) is 14.4 Å². The summed E-state index contributed by atoms with van der Waals surface area (Å²) in [5.74, 6) is -0.682. The minimum atomic E-state index is -0.600. The highest BCUT2D eigenvalue weighted by molar-refractivity contribution is 7.18. The summed E-state index contributed by atoms with van der Waals surface area (Å²) in [5.41, 5.74) is 15.9. The molecular formula is C29H30FN5O2S. The van der Waals surface area contributed by atoms with Crippen molar-refractivity contribution in [3.63, 3.8) is 0 Å². The first-order valence-corrected chi connectivity index (χ1v) is 13.5. The first-order valence-electron chi connectivity index (χ1n) is 12.7. The van der Waals surface area contributed by atoms with E-state index < -0.39 is 5.82 Å². The number of carbonyl (C=O) groups is 1. The highest BCUT2D eigenvalue weighted by Crippen LogP contribution is 2.41. The molecule has 5 rings (SSSR count). The number of aliphatic imine (C=N–C) groups is 1. The number of ether oxygens (including phenoxy) is 1. The van der Waals surface area contributed by atoms with Crippen molar-refractivity contribution in [2.24, 2.45) is 10.7 Å². The smallest absolute Gasteiger partial charge is 0.264 e. The van der Waals surface area contributed by atoms with Crippen molar-refractivity contribution in [2.75, 3.05) is 25.9 Å². The number of halogens is 1. The molecular weight excluding hydrogens is 501 g/mol. The summed E-state index contributed by atoms with van der Waals surface area (Å²) < 4.78 is 19.9. The summed E-state index contributed by atoms with van der Waals surface area (Å²) in [6.07, 6.45) is 5.59. The van der Waals surface area contributed by atoms with Crippen LogP contribution in [0.3, 0.4) is 0 Å². The summed E-state index contributed by atoms with van der Waals surface area (Å²) >= 11 is 1.36. The lowest BCUT2D eigenvalue weighted by molar-refractivity contribution is 0.0286. The van der Waals surface area contributed by atoms with Gasteiger partial charge in [0.25, 0.3) is 5.91 Å². The molecule has 4 N–H and O–H groups in total. The van der Waals surface area contributed by atoms with E-state index in [4.69, 9.17) is 16.2 Å². The number of thiophene rings is 1. The third kappa shape index (κ3) is 5.34. The van der Waals surface area contributed by atoms with Gasteiger partial charge in [-0.15, -0.1) is 11.3 Å². The SMILES string of the molecule is COC1CC(N=Cc2cc(-c3sc(C(=O)N4CCC[C@@H](N)C4)cc3-c3ccc(C#N)c(F)c3)ccc2N)C1. The molecule has 7 nitrogen and oxygen atoms in total. The van der Waals surface area contributed by atoms with Crippen LogP contribution >= 0.6 is 11.3 Å². The number of likely N-dealkylation sites (tertiary alicyclic amines) is 1. The maximum Gasteiger partial charge on any atom is 0.264 e. The molecule has 9 heteroatoms. The second-order valence-corrected chi connectivity index (χ2v) is 11.0. The summed E-state index contributed by atoms with van der Waals surface area (Å²) in [6, 6.07) is 14.0. The van der Waals surface area contributed by atoms with Gasteiger partial charge in [-0.3, -0.25) is 9.79 Å². The lowest BCUT2D eigenvalue weighted by Gasteiger charge is -2.30. The van der Waals surface area contributed by atoms with Gasteiger partial charge in [0.05, 0.1) is 22.6 Å². The van der Waals surface area contributed by atoms with Crippen molar-refractivity contribution >= 4 is 29.1 Å². The van der Waals surface area contributed by atoms with Crippen LogP contribution in [0.15, 0.2) is 47.5 Å². The van der Waals surface area contributed by atoms with Crippen LogP contribution < -0.4 is 11.5 Å². The molecule has 1 aromatic heterocycles. The maximum atomic E-state index is 14.6. The second kappa shape index (κ2) is 11.0. The summed E-state index contributed by atoms with van der Waals surface area (Å²) in [6.45, 7) is 1.18. The largest absolute Gasteiger partial charge is 0.398 e. The molecule has 1 aliphatic carbocycles. The molecule has 3 aromatic rings. The number of piperidine rings is 1. The van der Waals surface area contributed by atoms with E-state index in [1.807, 2.05) is 30.3 Å². The Balaban J connectivity index is 1.53. The van der Waals surface area contributed by atoms with E-state index in [0.29, 0.717) is 29.2 Å². The lowest BCUT2D eigenvalue weighted by Crippen LogP contribution is -2.45. The summed E-state index contributed by atoms with van der Waals surface area (Å²) in [4.78, 5) is 21.3. The number of benzene rings is 2. The second-order valence-electron chi connectivity index (χ2n) is 9.92. The fourth-order valence-corrected chi connectivity index (χ4v) is 6.06. The van der Waals surface area contributed by atoms with Gasteiger partial charge in [-0.1, -0.05) is 12.1 Å². The van der Waals surface area contributed by atoms with Crippen molar-refractivity contribution in [1.82, 2.24) is 4.90 Å². The van der Waals surface area contributed by atoms with Crippen molar-refractivity contribution in [1.29, 1.82) is 5.26 Å².